The van der Waals surface area contributed by atoms with Gasteiger partial charge >= 0.3 is 0 Å². The van der Waals surface area contributed by atoms with Crippen LogP contribution in [0.3, 0.4) is 0 Å². The average Bonchev–Trinajstić information content (AvgIpc) is 3.22. The maximum atomic E-state index is 12.7. The molecule has 144 valence electrons. The number of hydrogen-bond donors (Lipinski definition) is 2. The second-order valence-electron chi connectivity index (χ2n) is 7.64. The molecule has 27 heavy (non-hydrogen) atoms. The summed E-state index contributed by atoms with van der Waals surface area (Å²) in [6.45, 7) is 2.15. The van der Waals surface area contributed by atoms with Gasteiger partial charge in [0.15, 0.2) is 5.69 Å². The second kappa shape index (κ2) is 7.42. The first-order valence-electron chi connectivity index (χ1n) is 9.54. The smallest absolute Gasteiger partial charge is 0.273 e. The number of nitrogens with one attached hydrogen (secondary N) is 2. The highest BCUT2D eigenvalue weighted by Gasteiger charge is 2.36. The Bertz CT molecular complexity index is 834. The molecular weight excluding hydrogens is 364 g/mol. The number of hydrogen-bond acceptors (Lipinski definition) is 6. The number of carbonyl (C=O) groups is 2. The maximum absolute atomic E-state index is 12.7. The molecule has 0 radical (unpaired) electrons. The monoisotopic (exact) mass is 388 g/mol. The Morgan fingerprint density at radius 2 is 2.04 bits per heavy atom. The summed E-state index contributed by atoms with van der Waals surface area (Å²) in [6, 6.07) is 1.63. The van der Waals surface area contributed by atoms with Gasteiger partial charge in [0.2, 0.25) is 0 Å². The van der Waals surface area contributed by atoms with Gasteiger partial charge in [0.05, 0.1) is 11.0 Å². The standard InChI is InChI=1S/C19H24N4O3S/c1-12-9-14(23-26-12)17(24)22-19(7-3-2-4-8-19)10-20-18(25)15-16(13-5-6-13)27-11-21-15/h9,11,13H,2-8,10H2,1H3,(H,20,25)(H,22,24). The van der Waals surface area contributed by atoms with E-state index in [9.17, 15) is 9.59 Å². The van der Waals surface area contributed by atoms with Crippen molar-refractivity contribution in [2.24, 2.45) is 0 Å². The molecule has 2 N–H and O–H groups in total. The molecule has 2 amide bonds. The van der Waals surface area contributed by atoms with Crippen LogP contribution in [0.5, 0.6) is 0 Å². The zero-order valence-corrected chi connectivity index (χ0v) is 16.2. The van der Waals surface area contributed by atoms with Crippen LogP contribution >= 0.6 is 11.3 Å². The van der Waals surface area contributed by atoms with Crippen molar-refractivity contribution in [2.45, 2.75) is 63.3 Å². The molecule has 7 nitrogen and oxygen atoms in total. The van der Waals surface area contributed by atoms with Crippen LogP contribution in [-0.2, 0) is 0 Å². The van der Waals surface area contributed by atoms with E-state index >= 15 is 0 Å². The Morgan fingerprint density at radius 3 is 2.70 bits per heavy atom. The third-order valence-corrected chi connectivity index (χ3v) is 6.39. The fourth-order valence-corrected chi connectivity index (χ4v) is 4.70. The minimum Gasteiger partial charge on any atom is -0.361 e. The molecule has 2 fully saturated rings. The van der Waals surface area contributed by atoms with E-state index in [2.05, 4.69) is 20.8 Å². The van der Waals surface area contributed by atoms with Crippen LogP contribution in [0.15, 0.2) is 16.1 Å². The summed E-state index contributed by atoms with van der Waals surface area (Å²) < 4.78 is 5.01. The van der Waals surface area contributed by atoms with Gasteiger partial charge in [0.25, 0.3) is 11.8 Å². The van der Waals surface area contributed by atoms with E-state index in [-0.39, 0.29) is 17.5 Å². The molecule has 2 saturated carbocycles. The Hall–Kier alpha value is -2.22. The van der Waals surface area contributed by atoms with E-state index in [0.717, 1.165) is 49.8 Å². The molecule has 2 heterocycles. The van der Waals surface area contributed by atoms with Crippen LogP contribution in [0.1, 0.15) is 82.5 Å². The minimum absolute atomic E-state index is 0.144. The SMILES string of the molecule is Cc1cc(C(=O)NC2(CNC(=O)c3ncsc3C3CC3)CCCCC2)no1. The number of aromatic nitrogens is 2. The van der Waals surface area contributed by atoms with Crippen LogP contribution in [-0.4, -0.2) is 34.0 Å². The van der Waals surface area contributed by atoms with Gasteiger partial charge in [0, 0.05) is 17.5 Å². The summed E-state index contributed by atoms with van der Waals surface area (Å²) in [5, 5.41) is 9.95. The van der Waals surface area contributed by atoms with Crippen LogP contribution < -0.4 is 10.6 Å². The summed E-state index contributed by atoms with van der Waals surface area (Å²) >= 11 is 1.56. The normalized spacial score (nSPS) is 18.9. The molecule has 0 saturated heterocycles. The lowest BCUT2D eigenvalue weighted by molar-refractivity contribution is 0.0824. The summed E-state index contributed by atoms with van der Waals surface area (Å²) in [6.07, 6.45) is 7.15. The highest BCUT2D eigenvalue weighted by molar-refractivity contribution is 7.10. The predicted molar refractivity (Wildman–Crippen MR) is 101 cm³/mol. The van der Waals surface area contributed by atoms with Crippen LogP contribution in [0.4, 0.5) is 0 Å². The average molecular weight is 388 g/mol. The second-order valence-corrected chi connectivity index (χ2v) is 8.53. The molecule has 0 aromatic carbocycles. The van der Waals surface area contributed by atoms with Crippen molar-refractivity contribution in [3.05, 3.63) is 33.6 Å². The quantitative estimate of drug-likeness (QED) is 0.792. The van der Waals surface area contributed by atoms with Crippen molar-refractivity contribution >= 4 is 23.2 Å². The van der Waals surface area contributed by atoms with E-state index in [1.807, 2.05) is 0 Å². The summed E-state index contributed by atoms with van der Waals surface area (Å²) in [5.41, 5.74) is 2.12. The number of rotatable bonds is 6. The maximum Gasteiger partial charge on any atom is 0.273 e. The molecule has 2 aromatic rings. The Balaban J connectivity index is 1.44. The number of amides is 2. The third kappa shape index (κ3) is 4.05. The molecule has 0 aliphatic heterocycles. The number of nitrogens with zero attached hydrogens (tertiary/aromatic N) is 2. The molecule has 0 atom stereocenters. The van der Waals surface area contributed by atoms with Gasteiger partial charge in [0.1, 0.15) is 11.5 Å². The number of aryl methyl sites for hydroxylation is 1. The first-order chi connectivity index (χ1) is 13.1. The van der Waals surface area contributed by atoms with E-state index in [0.29, 0.717) is 23.9 Å². The molecule has 4 rings (SSSR count). The van der Waals surface area contributed by atoms with Crippen molar-refractivity contribution in [1.82, 2.24) is 20.8 Å². The van der Waals surface area contributed by atoms with Crippen molar-refractivity contribution < 1.29 is 14.1 Å². The molecule has 8 heteroatoms. The topological polar surface area (TPSA) is 97.1 Å². The first-order valence-corrected chi connectivity index (χ1v) is 10.4. The van der Waals surface area contributed by atoms with Crippen molar-refractivity contribution in [3.63, 3.8) is 0 Å². The van der Waals surface area contributed by atoms with Crippen LogP contribution in [0.2, 0.25) is 0 Å². The number of thiazole rings is 1. The van der Waals surface area contributed by atoms with Crippen LogP contribution in [0, 0.1) is 6.92 Å². The fraction of sp³-hybridized carbons (Fsp3) is 0.579. The Morgan fingerprint density at radius 1 is 1.26 bits per heavy atom. The lowest BCUT2D eigenvalue weighted by Crippen LogP contribution is -2.56. The molecule has 2 aliphatic carbocycles. The van der Waals surface area contributed by atoms with Gasteiger partial charge in [-0.2, -0.15) is 0 Å². The van der Waals surface area contributed by atoms with Gasteiger partial charge in [-0.05, 0) is 38.5 Å². The number of carbonyl (C=O) groups excluding carboxylic acids is 2. The first kappa shape index (κ1) is 18.2. The highest BCUT2D eigenvalue weighted by atomic mass is 32.1. The summed E-state index contributed by atoms with van der Waals surface area (Å²) in [4.78, 5) is 30.7. The lowest BCUT2D eigenvalue weighted by Gasteiger charge is -2.38. The minimum atomic E-state index is -0.451. The van der Waals surface area contributed by atoms with Gasteiger partial charge in [-0.25, -0.2) is 4.98 Å². The molecule has 2 aromatic heterocycles. The summed E-state index contributed by atoms with van der Waals surface area (Å²) in [5.74, 6) is 0.698. The van der Waals surface area contributed by atoms with Crippen molar-refractivity contribution in [2.75, 3.05) is 6.54 Å². The van der Waals surface area contributed by atoms with Gasteiger partial charge in [-0.3, -0.25) is 9.59 Å². The largest absolute Gasteiger partial charge is 0.361 e. The van der Waals surface area contributed by atoms with Gasteiger partial charge < -0.3 is 15.2 Å². The molecule has 0 bridgehead atoms. The van der Waals surface area contributed by atoms with Gasteiger partial charge in [-0.15, -0.1) is 11.3 Å². The highest BCUT2D eigenvalue weighted by Crippen LogP contribution is 2.43. The van der Waals surface area contributed by atoms with Crippen LogP contribution in [0.25, 0.3) is 0 Å². The Labute approximate surface area is 161 Å². The molecule has 0 spiro atoms. The lowest BCUT2D eigenvalue weighted by atomic mass is 9.81. The van der Waals surface area contributed by atoms with Gasteiger partial charge in [-0.1, -0.05) is 24.4 Å². The molecule has 0 unspecified atom stereocenters. The summed E-state index contributed by atoms with van der Waals surface area (Å²) in [7, 11) is 0. The van der Waals surface area contributed by atoms with E-state index in [4.69, 9.17) is 4.52 Å². The van der Waals surface area contributed by atoms with Crippen molar-refractivity contribution in [1.29, 1.82) is 0 Å². The predicted octanol–water partition coefficient (Wildman–Crippen LogP) is 3.18. The van der Waals surface area contributed by atoms with Crippen molar-refractivity contribution in [3.8, 4) is 0 Å². The molecule has 2 aliphatic rings. The molecular formula is C19H24N4O3S. The Kier molecular flexibility index (Phi) is 4.99. The zero-order chi connectivity index (χ0) is 18.9. The third-order valence-electron chi connectivity index (χ3n) is 5.40. The van der Waals surface area contributed by atoms with E-state index in [1.54, 1.807) is 29.8 Å². The fourth-order valence-electron chi connectivity index (χ4n) is 3.75. The zero-order valence-electron chi connectivity index (χ0n) is 15.4. The van der Waals surface area contributed by atoms with E-state index < -0.39 is 5.54 Å². The van der Waals surface area contributed by atoms with E-state index in [1.165, 1.54) is 0 Å².